The molecule has 1 atom stereocenters. The first-order valence-corrected chi connectivity index (χ1v) is 6.51. The molecule has 1 heterocycles. The van der Waals surface area contributed by atoms with Crippen molar-refractivity contribution in [1.29, 1.82) is 0 Å². The first-order valence-electron chi connectivity index (χ1n) is 6.51. The molecule has 1 aliphatic rings. The highest BCUT2D eigenvalue weighted by Crippen LogP contribution is 1.98. The van der Waals surface area contributed by atoms with Crippen LogP contribution in [0.25, 0.3) is 0 Å². The van der Waals surface area contributed by atoms with Gasteiger partial charge in [-0.1, -0.05) is 0 Å². The van der Waals surface area contributed by atoms with Crippen molar-refractivity contribution in [2.75, 3.05) is 59.7 Å². The van der Waals surface area contributed by atoms with Crippen LogP contribution in [0, 0.1) is 0 Å². The summed E-state index contributed by atoms with van der Waals surface area (Å²) >= 11 is 0. The average molecular weight is 332 g/mol. The van der Waals surface area contributed by atoms with E-state index in [4.69, 9.17) is 9.47 Å². The van der Waals surface area contributed by atoms with E-state index in [1.165, 1.54) is 0 Å². The lowest BCUT2D eigenvalue weighted by Crippen LogP contribution is -2.47. The number of hydrogen-bond acceptors (Lipinski definition) is 5. The molecule has 1 amide bonds. The molecule has 1 fully saturated rings. The van der Waals surface area contributed by atoms with Gasteiger partial charge in [0.2, 0.25) is 5.91 Å². The summed E-state index contributed by atoms with van der Waals surface area (Å²) in [5.74, 6) is 0.0341. The highest BCUT2D eigenvalue weighted by Gasteiger charge is 2.14. The van der Waals surface area contributed by atoms with Crippen molar-refractivity contribution >= 4 is 30.7 Å². The predicted octanol–water partition coefficient (Wildman–Crippen LogP) is -0.0971. The lowest BCUT2D eigenvalue weighted by molar-refractivity contribution is -0.121. The number of rotatable bonds is 8. The van der Waals surface area contributed by atoms with E-state index in [9.17, 15) is 4.79 Å². The fourth-order valence-electron chi connectivity index (χ4n) is 1.92. The third-order valence-electron chi connectivity index (χ3n) is 2.81. The van der Waals surface area contributed by atoms with E-state index in [0.29, 0.717) is 19.7 Å². The second-order valence-electron chi connectivity index (χ2n) is 4.55. The fraction of sp³-hybridized carbons (Fsp3) is 0.917. The van der Waals surface area contributed by atoms with Crippen molar-refractivity contribution in [3.63, 3.8) is 0 Å². The smallest absolute Gasteiger partial charge is 0.234 e. The zero-order valence-electron chi connectivity index (χ0n) is 12.2. The topological polar surface area (TPSA) is 62.8 Å². The van der Waals surface area contributed by atoms with Crippen LogP contribution in [0.2, 0.25) is 0 Å². The standard InChI is InChI=1S/C12H25N3O3.2ClH/c1-11(10-15-4-7-18-8-5-15)14-12(16)9-13-3-6-17-2;;/h11,13H,3-10H2,1-2H3,(H,14,16);2*1H. The normalized spacial score (nSPS) is 16.7. The van der Waals surface area contributed by atoms with Crippen LogP contribution >= 0.6 is 24.8 Å². The van der Waals surface area contributed by atoms with Crippen LogP contribution in [0.4, 0.5) is 0 Å². The second kappa shape index (κ2) is 13.9. The zero-order valence-corrected chi connectivity index (χ0v) is 13.9. The third-order valence-corrected chi connectivity index (χ3v) is 2.81. The van der Waals surface area contributed by atoms with Crippen molar-refractivity contribution in [3.8, 4) is 0 Å². The van der Waals surface area contributed by atoms with Gasteiger partial charge in [-0.2, -0.15) is 0 Å². The van der Waals surface area contributed by atoms with E-state index in [-0.39, 0.29) is 36.8 Å². The van der Waals surface area contributed by atoms with Gasteiger partial charge in [0.1, 0.15) is 0 Å². The number of carbonyl (C=O) groups is 1. The monoisotopic (exact) mass is 331 g/mol. The van der Waals surface area contributed by atoms with Crippen molar-refractivity contribution < 1.29 is 14.3 Å². The molecule has 122 valence electrons. The van der Waals surface area contributed by atoms with Gasteiger partial charge in [0.05, 0.1) is 26.4 Å². The van der Waals surface area contributed by atoms with Crippen LogP contribution in [0.5, 0.6) is 0 Å². The first kappa shape index (κ1) is 22.2. The van der Waals surface area contributed by atoms with Crippen LogP contribution in [-0.4, -0.2) is 76.5 Å². The Bertz CT molecular complexity index is 242. The minimum atomic E-state index is 0. The molecule has 0 spiro atoms. The minimum absolute atomic E-state index is 0. The molecule has 20 heavy (non-hydrogen) atoms. The lowest BCUT2D eigenvalue weighted by Gasteiger charge is -2.29. The summed E-state index contributed by atoms with van der Waals surface area (Å²) in [4.78, 5) is 13.9. The first-order chi connectivity index (χ1) is 8.72. The van der Waals surface area contributed by atoms with Gasteiger partial charge in [-0.15, -0.1) is 24.8 Å². The molecule has 0 aliphatic carbocycles. The summed E-state index contributed by atoms with van der Waals surface area (Å²) in [5, 5.41) is 6.00. The van der Waals surface area contributed by atoms with E-state index >= 15 is 0 Å². The molecule has 0 aromatic carbocycles. The highest BCUT2D eigenvalue weighted by molar-refractivity contribution is 5.85. The predicted molar refractivity (Wildman–Crippen MR) is 84.1 cm³/mol. The third kappa shape index (κ3) is 10.7. The van der Waals surface area contributed by atoms with Crippen molar-refractivity contribution in [1.82, 2.24) is 15.5 Å². The summed E-state index contributed by atoms with van der Waals surface area (Å²) in [6.07, 6.45) is 0. The number of hydrogen-bond donors (Lipinski definition) is 2. The Balaban J connectivity index is 0. The lowest BCUT2D eigenvalue weighted by atomic mass is 10.3. The van der Waals surface area contributed by atoms with Crippen LogP contribution in [-0.2, 0) is 14.3 Å². The van der Waals surface area contributed by atoms with Gasteiger partial charge in [0.25, 0.3) is 0 Å². The van der Waals surface area contributed by atoms with E-state index in [1.54, 1.807) is 7.11 Å². The largest absolute Gasteiger partial charge is 0.383 e. The Hall–Kier alpha value is -0.110. The number of carbonyl (C=O) groups excluding carboxylic acids is 1. The van der Waals surface area contributed by atoms with Crippen molar-refractivity contribution in [3.05, 3.63) is 0 Å². The number of halogens is 2. The summed E-state index contributed by atoms with van der Waals surface area (Å²) in [6, 6.07) is 0.167. The number of ether oxygens (including phenoxy) is 2. The molecule has 2 N–H and O–H groups in total. The van der Waals surface area contributed by atoms with E-state index in [0.717, 1.165) is 32.8 Å². The Morgan fingerprint density at radius 2 is 2.00 bits per heavy atom. The van der Waals surface area contributed by atoms with Gasteiger partial charge in [-0.25, -0.2) is 0 Å². The maximum Gasteiger partial charge on any atom is 0.234 e. The van der Waals surface area contributed by atoms with Crippen LogP contribution in [0.3, 0.4) is 0 Å². The number of nitrogens with one attached hydrogen (secondary N) is 2. The van der Waals surface area contributed by atoms with Gasteiger partial charge >= 0.3 is 0 Å². The number of methoxy groups -OCH3 is 1. The van der Waals surface area contributed by atoms with E-state index in [2.05, 4.69) is 15.5 Å². The molecule has 0 bridgehead atoms. The molecular formula is C12H27Cl2N3O3. The fourth-order valence-corrected chi connectivity index (χ4v) is 1.92. The van der Waals surface area contributed by atoms with E-state index < -0.39 is 0 Å². The molecule has 1 aliphatic heterocycles. The quantitative estimate of drug-likeness (QED) is 0.608. The molecular weight excluding hydrogens is 305 g/mol. The van der Waals surface area contributed by atoms with Gasteiger partial charge < -0.3 is 20.1 Å². The van der Waals surface area contributed by atoms with Gasteiger partial charge in [0, 0.05) is 39.3 Å². The molecule has 0 radical (unpaired) electrons. The Morgan fingerprint density at radius 3 is 2.60 bits per heavy atom. The molecule has 1 rings (SSSR count). The maximum atomic E-state index is 11.6. The van der Waals surface area contributed by atoms with Gasteiger partial charge in [-0.05, 0) is 6.92 Å². The van der Waals surface area contributed by atoms with E-state index in [1.807, 2.05) is 6.92 Å². The van der Waals surface area contributed by atoms with Crippen molar-refractivity contribution in [2.45, 2.75) is 13.0 Å². The summed E-state index contributed by atoms with van der Waals surface area (Å²) in [5.41, 5.74) is 0. The summed E-state index contributed by atoms with van der Waals surface area (Å²) in [7, 11) is 1.64. The molecule has 0 aromatic rings. The second-order valence-corrected chi connectivity index (χ2v) is 4.55. The molecule has 0 aromatic heterocycles. The van der Waals surface area contributed by atoms with Crippen LogP contribution in [0.1, 0.15) is 6.92 Å². The molecule has 0 saturated carbocycles. The number of nitrogens with zero attached hydrogens (tertiary/aromatic N) is 1. The van der Waals surface area contributed by atoms with Crippen molar-refractivity contribution in [2.24, 2.45) is 0 Å². The van der Waals surface area contributed by atoms with Gasteiger partial charge in [-0.3, -0.25) is 9.69 Å². The van der Waals surface area contributed by atoms with Gasteiger partial charge in [0.15, 0.2) is 0 Å². The molecule has 6 nitrogen and oxygen atoms in total. The zero-order chi connectivity index (χ0) is 13.2. The summed E-state index contributed by atoms with van der Waals surface area (Å²) in [6.45, 7) is 8.06. The van der Waals surface area contributed by atoms with Crippen LogP contribution < -0.4 is 10.6 Å². The molecule has 8 heteroatoms. The average Bonchev–Trinajstić information content (AvgIpc) is 2.35. The number of morpholine rings is 1. The Morgan fingerprint density at radius 1 is 1.35 bits per heavy atom. The number of amides is 1. The SMILES string of the molecule is COCCNCC(=O)NC(C)CN1CCOCC1.Cl.Cl. The summed E-state index contributed by atoms with van der Waals surface area (Å²) < 4.78 is 10.2. The highest BCUT2D eigenvalue weighted by atomic mass is 35.5. The maximum absolute atomic E-state index is 11.6. The van der Waals surface area contributed by atoms with Crippen LogP contribution in [0.15, 0.2) is 0 Å². The molecule has 1 unspecified atom stereocenters. The minimum Gasteiger partial charge on any atom is -0.383 e. The Kier molecular flexibility index (Phi) is 15.4. The Labute approximate surface area is 133 Å². The molecule has 1 saturated heterocycles.